The highest BCUT2D eigenvalue weighted by Crippen LogP contribution is 2.58. The average molecular weight is 584 g/mol. The Hall–Kier alpha value is -3.12. The number of amides is 1. The van der Waals surface area contributed by atoms with Crippen molar-refractivity contribution in [2.45, 2.75) is 109 Å². The Bertz CT molecular complexity index is 1440. The van der Waals surface area contributed by atoms with Crippen molar-refractivity contribution in [1.82, 2.24) is 9.78 Å². The van der Waals surface area contributed by atoms with Crippen molar-refractivity contribution >= 4 is 11.6 Å². The highest BCUT2D eigenvalue weighted by atomic mass is 16.5. The Kier molecular flexibility index (Phi) is 8.18. The maximum Gasteiger partial charge on any atom is 0.230 e. The summed E-state index contributed by atoms with van der Waals surface area (Å²) in [7, 11) is 1.74. The second kappa shape index (κ2) is 11.8. The van der Waals surface area contributed by atoms with Crippen molar-refractivity contribution in [3.63, 3.8) is 0 Å². The molecule has 7 rings (SSSR count). The molecule has 4 aliphatic carbocycles. The van der Waals surface area contributed by atoms with Gasteiger partial charge in [0.25, 0.3) is 0 Å². The maximum atomic E-state index is 14.4. The van der Waals surface area contributed by atoms with Gasteiger partial charge in [-0.1, -0.05) is 18.2 Å². The first-order valence-electron chi connectivity index (χ1n) is 16.4. The van der Waals surface area contributed by atoms with E-state index in [4.69, 9.17) is 4.74 Å². The summed E-state index contributed by atoms with van der Waals surface area (Å²) < 4.78 is 7.54. The van der Waals surface area contributed by atoms with Crippen molar-refractivity contribution in [3.8, 4) is 16.9 Å². The van der Waals surface area contributed by atoms with Crippen LogP contribution in [-0.4, -0.2) is 40.6 Å². The molecule has 2 aromatic carbocycles. The van der Waals surface area contributed by atoms with Crippen LogP contribution in [0.1, 0.15) is 101 Å². The van der Waals surface area contributed by atoms with Crippen LogP contribution >= 0.6 is 0 Å². The fourth-order valence-electron chi connectivity index (χ4n) is 8.17. The van der Waals surface area contributed by atoms with Gasteiger partial charge in [0, 0.05) is 36.0 Å². The molecule has 0 atom stereocenters. The van der Waals surface area contributed by atoms with E-state index in [1.807, 2.05) is 10.9 Å². The monoisotopic (exact) mass is 583 g/mol. The SMILES string of the molecule is COc1ccc(C23CCC(CN(C(=O)C4CCC(O)CC4)c4ccc(C)c(-c5cnn(C(C)C)c5)c4)(CC2)CC3)cc1C. The molecule has 6 heteroatoms. The third-order valence-corrected chi connectivity index (χ3v) is 11.2. The molecule has 1 amide bonds. The fraction of sp³-hybridized carbons (Fsp3) is 0.568. The van der Waals surface area contributed by atoms with Gasteiger partial charge in [-0.3, -0.25) is 9.48 Å². The molecule has 0 spiro atoms. The van der Waals surface area contributed by atoms with E-state index in [2.05, 4.69) is 80.3 Å². The molecule has 0 aliphatic heterocycles. The van der Waals surface area contributed by atoms with Gasteiger partial charge in [-0.25, -0.2) is 0 Å². The summed E-state index contributed by atoms with van der Waals surface area (Å²) in [6.07, 6.45) is 13.7. The molecule has 2 bridgehead atoms. The van der Waals surface area contributed by atoms with E-state index >= 15 is 0 Å². The van der Waals surface area contributed by atoms with Crippen LogP contribution in [0.25, 0.3) is 11.1 Å². The number of methoxy groups -OCH3 is 1. The Morgan fingerprint density at radius 3 is 2.30 bits per heavy atom. The number of rotatable bonds is 8. The number of hydrogen-bond acceptors (Lipinski definition) is 4. The smallest absolute Gasteiger partial charge is 0.230 e. The zero-order valence-corrected chi connectivity index (χ0v) is 26.7. The predicted octanol–water partition coefficient (Wildman–Crippen LogP) is 7.93. The van der Waals surface area contributed by atoms with Crippen molar-refractivity contribution in [2.24, 2.45) is 11.3 Å². The van der Waals surface area contributed by atoms with Crippen LogP contribution in [0.15, 0.2) is 48.8 Å². The molecule has 230 valence electrons. The normalized spacial score (nSPS) is 27.0. The van der Waals surface area contributed by atoms with E-state index in [0.717, 1.165) is 61.2 Å². The molecule has 3 aromatic rings. The molecule has 1 N–H and O–H groups in total. The second-order valence-electron chi connectivity index (χ2n) is 14.2. The molecule has 4 aliphatic rings. The highest BCUT2D eigenvalue weighted by Gasteiger charge is 2.50. The van der Waals surface area contributed by atoms with E-state index in [-0.39, 0.29) is 28.8 Å². The van der Waals surface area contributed by atoms with Crippen LogP contribution < -0.4 is 9.64 Å². The largest absolute Gasteiger partial charge is 0.496 e. The van der Waals surface area contributed by atoms with E-state index in [0.29, 0.717) is 18.9 Å². The lowest BCUT2D eigenvalue weighted by molar-refractivity contribution is -0.124. The Labute approximate surface area is 257 Å². The van der Waals surface area contributed by atoms with Crippen LogP contribution in [0.3, 0.4) is 0 Å². The zero-order valence-electron chi connectivity index (χ0n) is 26.7. The summed E-state index contributed by atoms with van der Waals surface area (Å²) in [4.78, 5) is 16.5. The lowest BCUT2D eigenvalue weighted by Crippen LogP contribution is -2.51. The van der Waals surface area contributed by atoms with Gasteiger partial charge < -0.3 is 14.7 Å². The molecule has 0 radical (unpaired) electrons. The minimum Gasteiger partial charge on any atom is -0.496 e. The van der Waals surface area contributed by atoms with Gasteiger partial charge in [-0.05, 0) is 143 Å². The van der Waals surface area contributed by atoms with Crippen molar-refractivity contribution in [1.29, 1.82) is 0 Å². The average Bonchev–Trinajstić information content (AvgIpc) is 3.52. The number of aliphatic hydroxyl groups excluding tert-OH is 1. The molecule has 1 aromatic heterocycles. The number of ether oxygens (including phenoxy) is 1. The first kappa shape index (κ1) is 29.9. The third kappa shape index (κ3) is 5.75. The number of aliphatic hydroxyl groups is 1. The lowest BCUT2D eigenvalue weighted by Gasteiger charge is -2.55. The summed E-state index contributed by atoms with van der Waals surface area (Å²) in [5.74, 6) is 1.17. The molecule has 6 nitrogen and oxygen atoms in total. The van der Waals surface area contributed by atoms with Gasteiger partial charge in [0.1, 0.15) is 5.75 Å². The molecule has 4 saturated carbocycles. The molecule has 0 unspecified atom stereocenters. The summed E-state index contributed by atoms with van der Waals surface area (Å²) in [5.41, 5.74) is 7.46. The van der Waals surface area contributed by atoms with E-state index in [1.54, 1.807) is 7.11 Å². The quantitative estimate of drug-likeness (QED) is 0.292. The summed E-state index contributed by atoms with van der Waals surface area (Å²) in [5, 5.41) is 14.8. The Balaban J connectivity index is 1.29. The van der Waals surface area contributed by atoms with Crippen LogP contribution in [0.2, 0.25) is 0 Å². The van der Waals surface area contributed by atoms with Gasteiger partial charge in [-0.15, -0.1) is 0 Å². The van der Waals surface area contributed by atoms with Crippen molar-refractivity contribution in [2.75, 3.05) is 18.6 Å². The number of carbonyl (C=O) groups is 1. The number of benzene rings is 2. The molecular weight excluding hydrogens is 534 g/mol. The van der Waals surface area contributed by atoms with Crippen molar-refractivity contribution < 1.29 is 14.6 Å². The first-order chi connectivity index (χ1) is 20.6. The molecule has 0 saturated heterocycles. The van der Waals surface area contributed by atoms with Gasteiger partial charge >= 0.3 is 0 Å². The number of aryl methyl sites for hydroxylation is 2. The van der Waals surface area contributed by atoms with E-state index in [1.165, 1.54) is 36.0 Å². The van der Waals surface area contributed by atoms with Crippen LogP contribution in [0.4, 0.5) is 5.69 Å². The fourth-order valence-corrected chi connectivity index (χ4v) is 8.17. The topological polar surface area (TPSA) is 67.6 Å². The number of aromatic nitrogens is 2. The third-order valence-electron chi connectivity index (χ3n) is 11.2. The summed E-state index contributed by atoms with van der Waals surface area (Å²) in [6, 6.07) is 13.6. The predicted molar refractivity (Wildman–Crippen MR) is 173 cm³/mol. The van der Waals surface area contributed by atoms with Gasteiger partial charge in [0.2, 0.25) is 5.91 Å². The molecule has 4 fully saturated rings. The van der Waals surface area contributed by atoms with Crippen LogP contribution in [0.5, 0.6) is 5.75 Å². The first-order valence-corrected chi connectivity index (χ1v) is 16.4. The minimum atomic E-state index is -0.272. The second-order valence-corrected chi connectivity index (χ2v) is 14.2. The number of hydrogen-bond donors (Lipinski definition) is 1. The van der Waals surface area contributed by atoms with Crippen LogP contribution in [-0.2, 0) is 10.2 Å². The highest BCUT2D eigenvalue weighted by molar-refractivity contribution is 5.96. The van der Waals surface area contributed by atoms with E-state index < -0.39 is 0 Å². The number of fused-ring (bicyclic) bond motifs is 3. The van der Waals surface area contributed by atoms with Crippen LogP contribution in [0, 0.1) is 25.2 Å². The zero-order chi connectivity index (χ0) is 30.4. The standard InChI is InChI=1S/C37H49N3O3/c1-25(2)40-23-29(22-38-40)33-21-31(10-6-26(33)3)39(35(42)28-7-11-32(41)12-8-28)24-36-14-17-37(18-15-36,19-16-36)30-9-13-34(43-5)27(4)20-30/h6,9-10,13,20-23,25,28,32,41H,7-8,11-12,14-19,24H2,1-5H3. The molecule has 1 heterocycles. The Morgan fingerprint density at radius 2 is 1.70 bits per heavy atom. The number of carbonyl (C=O) groups excluding carboxylic acids is 1. The van der Waals surface area contributed by atoms with Gasteiger partial charge in [0.05, 0.1) is 19.4 Å². The number of anilines is 1. The lowest BCUT2D eigenvalue weighted by atomic mass is 9.51. The van der Waals surface area contributed by atoms with Crippen molar-refractivity contribution in [3.05, 3.63) is 65.5 Å². The number of nitrogens with zero attached hydrogens (tertiary/aromatic N) is 3. The summed E-state index contributed by atoms with van der Waals surface area (Å²) in [6.45, 7) is 9.34. The maximum absolute atomic E-state index is 14.4. The van der Waals surface area contributed by atoms with E-state index in [9.17, 15) is 9.90 Å². The van der Waals surface area contributed by atoms with Gasteiger partial charge in [-0.2, -0.15) is 5.10 Å². The minimum absolute atomic E-state index is 0.0261. The molecular formula is C37H49N3O3. The Morgan fingerprint density at radius 1 is 1.00 bits per heavy atom. The molecule has 43 heavy (non-hydrogen) atoms. The van der Waals surface area contributed by atoms with Gasteiger partial charge in [0.15, 0.2) is 0 Å². The summed E-state index contributed by atoms with van der Waals surface area (Å²) >= 11 is 0.